The summed E-state index contributed by atoms with van der Waals surface area (Å²) in [6.45, 7) is 1.07. The van der Waals surface area contributed by atoms with Gasteiger partial charge in [0.2, 0.25) is 0 Å². The molecule has 1 aliphatic heterocycles. The van der Waals surface area contributed by atoms with Gasteiger partial charge >= 0.3 is 0 Å². The van der Waals surface area contributed by atoms with Crippen LogP contribution in [0.25, 0.3) is 0 Å². The fourth-order valence-corrected chi connectivity index (χ4v) is 5.99. The minimum absolute atomic E-state index is 0.00950. The number of hydrogen-bond donors (Lipinski definition) is 2. The average molecular weight is 377 g/mol. The van der Waals surface area contributed by atoms with Crippen LogP contribution < -0.4 is 10.6 Å². The average Bonchev–Trinajstić information content (AvgIpc) is 3.36. The number of methoxy groups -OCH3 is 1. The molecule has 146 valence electrons. The highest BCUT2D eigenvalue weighted by molar-refractivity contribution is 5.95. The number of amides is 1. The molecule has 2 bridgehead atoms. The van der Waals surface area contributed by atoms with Gasteiger partial charge < -0.3 is 15.4 Å². The maximum Gasteiger partial charge on any atom is 0.251 e. The smallest absolute Gasteiger partial charge is 0.251 e. The minimum Gasteiger partial charge on any atom is -0.383 e. The molecule has 2 aromatic rings. The van der Waals surface area contributed by atoms with E-state index in [0.29, 0.717) is 31.0 Å². The van der Waals surface area contributed by atoms with Gasteiger partial charge in [-0.15, -0.1) is 0 Å². The largest absolute Gasteiger partial charge is 0.383 e. The van der Waals surface area contributed by atoms with Crippen LogP contribution in [0.3, 0.4) is 0 Å². The second-order valence-corrected chi connectivity index (χ2v) is 8.52. The Morgan fingerprint density at radius 1 is 1.14 bits per heavy atom. The predicted molar refractivity (Wildman–Crippen MR) is 111 cm³/mol. The van der Waals surface area contributed by atoms with Crippen molar-refractivity contribution in [1.29, 1.82) is 0 Å². The number of carbonyl (C=O) groups excluding carboxylic acids is 1. The van der Waals surface area contributed by atoms with E-state index in [9.17, 15) is 4.79 Å². The van der Waals surface area contributed by atoms with Crippen LogP contribution in [0.1, 0.15) is 52.7 Å². The molecule has 2 saturated carbocycles. The zero-order chi connectivity index (χ0) is 19.1. The third kappa shape index (κ3) is 2.91. The fourth-order valence-electron chi connectivity index (χ4n) is 5.99. The number of fused-ring (bicyclic) bond motifs is 7. The lowest BCUT2D eigenvalue weighted by atomic mass is 9.68. The number of hydrogen-bond acceptors (Lipinski definition) is 3. The maximum absolute atomic E-state index is 12.6. The van der Waals surface area contributed by atoms with Gasteiger partial charge in [0.15, 0.2) is 0 Å². The van der Waals surface area contributed by atoms with Crippen molar-refractivity contribution in [3.8, 4) is 0 Å². The van der Waals surface area contributed by atoms with E-state index in [1.807, 2.05) is 6.07 Å². The Kier molecular flexibility index (Phi) is 4.59. The number of benzene rings is 2. The molecule has 2 fully saturated rings. The molecule has 2 N–H and O–H groups in total. The molecular weight excluding hydrogens is 348 g/mol. The van der Waals surface area contributed by atoms with E-state index in [2.05, 4.69) is 53.1 Å². The summed E-state index contributed by atoms with van der Waals surface area (Å²) < 4.78 is 5.04. The molecule has 1 amide bonds. The Morgan fingerprint density at radius 2 is 1.96 bits per heavy atom. The third-order valence-corrected chi connectivity index (χ3v) is 7.10. The Hall–Kier alpha value is -2.33. The van der Waals surface area contributed by atoms with Crippen molar-refractivity contribution in [2.45, 2.75) is 31.2 Å². The highest BCUT2D eigenvalue weighted by Gasteiger charge is 2.53. The van der Waals surface area contributed by atoms with Crippen LogP contribution >= 0.6 is 0 Å². The summed E-state index contributed by atoms with van der Waals surface area (Å²) in [5, 5.41) is 6.79. The van der Waals surface area contributed by atoms with E-state index < -0.39 is 0 Å². The molecule has 0 unspecified atom stereocenters. The lowest BCUT2D eigenvalue weighted by Gasteiger charge is -2.43. The molecule has 3 aliphatic rings. The standard InChI is InChI=1S/C24H28N2O2/c1-28-12-11-25-24(27)18-9-10-20-19(14-18)21-16-7-8-17(13-16)22(21)23(26-20)15-5-3-2-4-6-15/h2-6,9-10,14,16-17,21-23,26H,7-8,11-13H2,1H3,(H,25,27)/t16-,17+,21-,22+,23+/m1/s1. The lowest BCUT2D eigenvalue weighted by Crippen LogP contribution is -2.36. The predicted octanol–water partition coefficient (Wildman–Crippen LogP) is 4.36. The summed E-state index contributed by atoms with van der Waals surface area (Å²) in [6, 6.07) is 17.5. The SMILES string of the molecule is COCCNC(=O)c1ccc2c(c1)[C@H]1[C@@H]3CC[C@@H](C3)[C@@H]1[C@H](c1ccccc1)N2. The molecule has 5 atom stereocenters. The summed E-state index contributed by atoms with van der Waals surface area (Å²) in [5.41, 5.74) is 4.70. The van der Waals surface area contributed by atoms with Crippen molar-refractivity contribution in [3.05, 3.63) is 65.2 Å². The first kappa shape index (κ1) is 17.7. The number of ether oxygens (including phenoxy) is 1. The Balaban J connectivity index is 1.49. The first-order valence-electron chi connectivity index (χ1n) is 10.5. The zero-order valence-electron chi connectivity index (χ0n) is 16.4. The second kappa shape index (κ2) is 7.25. The van der Waals surface area contributed by atoms with Gasteiger partial charge in [-0.1, -0.05) is 30.3 Å². The fraction of sp³-hybridized carbons (Fsp3) is 0.458. The van der Waals surface area contributed by atoms with Gasteiger partial charge in [-0.2, -0.15) is 0 Å². The summed E-state index contributed by atoms with van der Waals surface area (Å²) >= 11 is 0. The number of anilines is 1. The molecule has 4 heteroatoms. The normalized spacial score (nSPS) is 29.7. The van der Waals surface area contributed by atoms with Gasteiger partial charge in [0.25, 0.3) is 5.91 Å². The number of carbonyl (C=O) groups is 1. The molecule has 2 aliphatic carbocycles. The van der Waals surface area contributed by atoms with Crippen molar-refractivity contribution >= 4 is 11.6 Å². The molecular formula is C24H28N2O2. The third-order valence-electron chi connectivity index (χ3n) is 7.10. The first-order valence-corrected chi connectivity index (χ1v) is 10.5. The van der Waals surface area contributed by atoms with Crippen LogP contribution in [0.5, 0.6) is 0 Å². The van der Waals surface area contributed by atoms with Crippen LogP contribution in [0.15, 0.2) is 48.5 Å². The van der Waals surface area contributed by atoms with Gasteiger partial charge in [0, 0.05) is 24.9 Å². The number of nitrogens with one attached hydrogen (secondary N) is 2. The molecule has 4 nitrogen and oxygen atoms in total. The Morgan fingerprint density at radius 3 is 2.79 bits per heavy atom. The maximum atomic E-state index is 12.6. The highest BCUT2D eigenvalue weighted by atomic mass is 16.5. The van der Waals surface area contributed by atoms with Crippen LogP contribution in [0, 0.1) is 17.8 Å². The van der Waals surface area contributed by atoms with Gasteiger partial charge in [-0.05, 0) is 72.3 Å². The summed E-state index contributed by atoms with van der Waals surface area (Å²) in [6.07, 6.45) is 4.02. The number of rotatable bonds is 5. The summed E-state index contributed by atoms with van der Waals surface area (Å²) in [4.78, 5) is 12.6. The second-order valence-electron chi connectivity index (χ2n) is 8.52. The van der Waals surface area contributed by atoms with E-state index in [1.165, 1.54) is 36.1 Å². The quantitative estimate of drug-likeness (QED) is 0.763. The van der Waals surface area contributed by atoms with Crippen molar-refractivity contribution in [3.63, 3.8) is 0 Å². The summed E-state index contributed by atoms with van der Waals surface area (Å²) in [5.74, 6) is 2.73. The molecule has 0 radical (unpaired) electrons. The first-order chi connectivity index (χ1) is 13.8. The van der Waals surface area contributed by atoms with E-state index in [1.54, 1.807) is 7.11 Å². The van der Waals surface area contributed by atoms with Crippen LogP contribution in [0.2, 0.25) is 0 Å². The van der Waals surface area contributed by atoms with Crippen molar-refractivity contribution in [2.24, 2.45) is 17.8 Å². The topological polar surface area (TPSA) is 50.4 Å². The van der Waals surface area contributed by atoms with Crippen molar-refractivity contribution in [2.75, 3.05) is 25.6 Å². The highest BCUT2D eigenvalue weighted by Crippen LogP contribution is 2.63. The molecule has 5 rings (SSSR count). The van der Waals surface area contributed by atoms with E-state index >= 15 is 0 Å². The monoisotopic (exact) mass is 376 g/mol. The van der Waals surface area contributed by atoms with E-state index in [0.717, 1.165) is 17.4 Å². The van der Waals surface area contributed by atoms with Gasteiger partial charge in [-0.25, -0.2) is 0 Å². The van der Waals surface area contributed by atoms with E-state index in [4.69, 9.17) is 4.74 Å². The van der Waals surface area contributed by atoms with Crippen LogP contribution in [-0.4, -0.2) is 26.2 Å². The minimum atomic E-state index is -0.00950. The molecule has 28 heavy (non-hydrogen) atoms. The summed E-state index contributed by atoms with van der Waals surface area (Å²) in [7, 11) is 1.65. The molecule has 0 spiro atoms. The van der Waals surface area contributed by atoms with Gasteiger partial charge in [-0.3, -0.25) is 4.79 Å². The Bertz CT molecular complexity index is 866. The van der Waals surface area contributed by atoms with Gasteiger partial charge in [0.05, 0.1) is 12.6 Å². The molecule has 1 heterocycles. The molecule has 0 aromatic heterocycles. The molecule has 2 aromatic carbocycles. The Labute approximate surface area is 166 Å². The van der Waals surface area contributed by atoms with Crippen LogP contribution in [0.4, 0.5) is 5.69 Å². The van der Waals surface area contributed by atoms with E-state index in [-0.39, 0.29) is 5.91 Å². The van der Waals surface area contributed by atoms with Crippen LogP contribution in [-0.2, 0) is 4.74 Å². The lowest BCUT2D eigenvalue weighted by molar-refractivity contribution is 0.0937. The van der Waals surface area contributed by atoms with Gasteiger partial charge in [0.1, 0.15) is 0 Å². The van der Waals surface area contributed by atoms with Crippen molar-refractivity contribution in [1.82, 2.24) is 5.32 Å². The molecule has 0 saturated heterocycles. The zero-order valence-corrected chi connectivity index (χ0v) is 16.4. The van der Waals surface area contributed by atoms with Crippen molar-refractivity contribution < 1.29 is 9.53 Å².